The minimum Gasteiger partial charge on any atom is -0.293 e. The van der Waals surface area contributed by atoms with Crippen molar-refractivity contribution in [1.29, 1.82) is 0 Å². The third-order valence-electron chi connectivity index (χ3n) is 3.04. The van der Waals surface area contributed by atoms with Crippen molar-refractivity contribution >= 4 is 0 Å². The van der Waals surface area contributed by atoms with Gasteiger partial charge in [-0.05, 0) is 24.6 Å². The number of likely N-dealkylation sites (N-methyl/N-ethyl adjacent to an activating group) is 1. The van der Waals surface area contributed by atoms with E-state index in [4.69, 9.17) is 0 Å². The van der Waals surface area contributed by atoms with Crippen LogP contribution in [-0.4, -0.2) is 18.0 Å². The Morgan fingerprint density at radius 3 is 2.69 bits per heavy atom. The molecule has 1 heterocycles. The second kappa shape index (κ2) is 3.15. The quantitative estimate of drug-likeness (QED) is 0.548. The summed E-state index contributed by atoms with van der Waals surface area (Å²) >= 11 is 0. The van der Waals surface area contributed by atoms with Crippen LogP contribution in [0.1, 0.15) is 31.0 Å². The van der Waals surface area contributed by atoms with E-state index >= 15 is 0 Å². The van der Waals surface area contributed by atoms with Crippen LogP contribution >= 0.6 is 0 Å². The molecular weight excluding hydrogens is 158 g/mol. The van der Waals surface area contributed by atoms with Gasteiger partial charge in [0, 0.05) is 6.04 Å². The lowest BCUT2D eigenvalue weighted by Gasteiger charge is -2.04. The van der Waals surface area contributed by atoms with Crippen molar-refractivity contribution in [2.75, 3.05) is 7.05 Å². The van der Waals surface area contributed by atoms with Crippen molar-refractivity contribution in [2.45, 2.75) is 32.4 Å². The molecular formula is C12H17N. The molecule has 3 rings (SSSR count). The van der Waals surface area contributed by atoms with E-state index in [-0.39, 0.29) is 0 Å². The maximum Gasteiger partial charge on any atom is 0.0510 e. The number of hydrogen-bond donors (Lipinski definition) is 0. The van der Waals surface area contributed by atoms with E-state index in [0.29, 0.717) is 0 Å². The maximum absolute atomic E-state index is 2.45. The van der Waals surface area contributed by atoms with Crippen LogP contribution in [0.15, 0.2) is 24.3 Å². The molecule has 1 saturated heterocycles. The molecule has 1 heteroatoms. The molecule has 1 fully saturated rings. The Bertz CT molecular complexity index is 306. The van der Waals surface area contributed by atoms with Crippen LogP contribution in [0.3, 0.4) is 0 Å². The zero-order valence-electron chi connectivity index (χ0n) is 8.62. The Hall–Kier alpha value is -0.820. The third kappa shape index (κ3) is 1.19. The number of benzene rings is 1. The van der Waals surface area contributed by atoms with Gasteiger partial charge in [0.15, 0.2) is 0 Å². The first-order valence-corrected chi connectivity index (χ1v) is 5.17. The average Bonchev–Trinajstić information content (AvgIpc) is 2.66. The number of rotatable bonds is 0. The van der Waals surface area contributed by atoms with Crippen molar-refractivity contribution in [2.24, 2.45) is 0 Å². The van der Waals surface area contributed by atoms with Crippen LogP contribution in [0.2, 0.25) is 0 Å². The minimum atomic E-state index is 0.770. The molecule has 1 aromatic carbocycles. The number of hydrogen-bond acceptors (Lipinski definition) is 1. The second-order valence-corrected chi connectivity index (χ2v) is 3.58. The average molecular weight is 175 g/mol. The van der Waals surface area contributed by atoms with Crippen molar-refractivity contribution in [3.8, 4) is 0 Å². The molecule has 0 bridgehead atoms. The SMILES string of the molecule is CC.CN1[C@@H]2Cc3ccccc3[C@@H]21. The zero-order valence-corrected chi connectivity index (χ0v) is 8.62. The molecule has 1 nitrogen and oxygen atoms in total. The molecule has 1 aliphatic carbocycles. The van der Waals surface area contributed by atoms with Gasteiger partial charge in [0.25, 0.3) is 0 Å². The summed E-state index contributed by atoms with van der Waals surface area (Å²) in [6.07, 6.45) is 1.28. The summed E-state index contributed by atoms with van der Waals surface area (Å²) in [5, 5.41) is 0. The van der Waals surface area contributed by atoms with Crippen LogP contribution in [0.25, 0.3) is 0 Å². The fourth-order valence-electron chi connectivity index (χ4n) is 2.32. The molecule has 3 atom stereocenters. The van der Waals surface area contributed by atoms with Gasteiger partial charge in [-0.1, -0.05) is 38.1 Å². The Balaban J connectivity index is 0.000000308. The summed E-state index contributed by atoms with van der Waals surface area (Å²) in [7, 11) is 2.21. The number of fused-ring (bicyclic) bond motifs is 3. The Morgan fingerprint density at radius 1 is 1.23 bits per heavy atom. The van der Waals surface area contributed by atoms with Crippen LogP contribution in [0, 0.1) is 0 Å². The fourth-order valence-corrected chi connectivity index (χ4v) is 2.32. The predicted molar refractivity (Wildman–Crippen MR) is 55.8 cm³/mol. The van der Waals surface area contributed by atoms with E-state index < -0.39 is 0 Å². The highest BCUT2D eigenvalue weighted by Crippen LogP contribution is 2.50. The molecule has 0 saturated carbocycles. The molecule has 2 aliphatic rings. The first-order valence-electron chi connectivity index (χ1n) is 5.17. The zero-order chi connectivity index (χ0) is 9.42. The van der Waals surface area contributed by atoms with Gasteiger partial charge in [0.05, 0.1) is 6.04 Å². The fraction of sp³-hybridized carbons (Fsp3) is 0.500. The Labute approximate surface area is 80.4 Å². The molecule has 0 amide bonds. The van der Waals surface area contributed by atoms with Crippen LogP contribution < -0.4 is 0 Å². The molecule has 0 aromatic heterocycles. The van der Waals surface area contributed by atoms with Crippen molar-refractivity contribution < 1.29 is 0 Å². The van der Waals surface area contributed by atoms with Gasteiger partial charge in [-0.15, -0.1) is 0 Å². The highest BCUT2D eigenvalue weighted by Gasteiger charge is 2.50. The van der Waals surface area contributed by atoms with Gasteiger partial charge in [-0.25, -0.2) is 0 Å². The molecule has 70 valence electrons. The van der Waals surface area contributed by atoms with E-state index in [0.717, 1.165) is 12.1 Å². The van der Waals surface area contributed by atoms with Gasteiger partial charge < -0.3 is 0 Å². The van der Waals surface area contributed by atoms with Gasteiger partial charge in [-0.2, -0.15) is 0 Å². The predicted octanol–water partition coefficient (Wildman–Crippen LogP) is 2.62. The molecule has 0 radical (unpaired) electrons. The van der Waals surface area contributed by atoms with Crippen molar-refractivity contribution in [3.63, 3.8) is 0 Å². The normalized spacial score (nSPS) is 32.7. The summed E-state index contributed by atoms with van der Waals surface area (Å²) in [5.41, 5.74) is 3.14. The van der Waals surface area contributed by atoms with Crippen molar-refractivity contribution in [3.05, 3.63) is 35.4 Å². The third-order valence-corrected chi connectivity index (χ3v) is 3.04. The second-order valence-electron chi connectivity index (χ2n) is 3.58. The van der Waals surface area contributed by atoms with E-state index in [9.17, 15) is 0 Å². The summed E-state index contributed by atoms with van der Waals surface area (Å²) < 4.78 is 0. The highest BCUT2D eigenvalue weighted by atomic mass is 15.3. The monoisotopic (exact) mass is 175 g/mol. The van der Waals surface area contributed by atoms with Gasteiger partial charge in [-0.3, -0.25) is 4.90 Å². The lowest BCUT2D eigenvalue weighted by Crippen LogP contribution is -2.00. The Kier molecular flexibility index (Phi) is 2.12. The molecule has 0 N–H and O–H groups in total. The first-order chi connectivity index (χ1) is 6.38. The van der Waals surface area contributed by atoms with Crippen LogP contribution in [0.5, 0.6) is 0 Å². The van der Waals surface area contributed by atoms with Crippen LogP contribution in [-0.2, 0) is 6.42 Å². The lowest BCUT2D eigenvalue weighted by atomic mass is 10.1. The topological polar surface area (TPSA) is 3.01 Å². The van der Waals surface area contributed by atoms with Gasteiger partial charge >= 0.3 is 0 Å². The standard InChI is InChI=1S/C10H11N.C2H6/c1-11-9-6-7-4-2-3-5-8(7)10(9)11;1-2/h2-5,9-10H,6H2,1H3;1-2H3/t9-,10+,11?;/m1./s1. The molecule has 13 heavy (non-hydrogen) atoms. The molecule has 1 aromatic rings. The minimum absolute atomic E-state index is 0.770. The summed E-state index contributed by atoms with van der Waals surface area (Å²) in [4.78, 5) is 2.45. The van der Waals surface area contributed by atoms with Crippen LogP contribution in [0.4, 0.5) is 0 Å². The molecule has 1 aliphatic heterocycles. The van der Waals surface area contributed by atoms with Crippen molar-refractivity contribution in [1.82, 2.24) is 4.90 Å². The van der Waals surface area contributed by atoms with E-state index in [1.54, 1.807) is 11.1 Å². The molecule has 1 unspecified atom stereocenters. The van der Waals surface area contributed by atoms with E-state index in [1.165, 1.54) is 6.42 Å². The summed E-state index contributed by atoms with van der Waals surface area (Å²) in [5.74, 6) is 0. The Morgan fingerprint density at radius 2 is 1.92 bits per heavy atom. The lowest BCUT2D eigenvalue weighted by molar-refractivity contribution is 0.568. The smallest absolute Gasteiger partial charge is 0.0510 e. The summed E-state index contributed by atoms with van der Waals surface area (Å²) in [6, 6.07) is 10.4. The highest BCUT2D eigenvalue weighted by molar-refractivity contribution is 5.42. The summed E-state index contributed by atoms with van der Waals surface area (Å²) in [6.45, 7) is 4.00. The molecule has 0 spiro atoms. The van der Waals surface area contributed by atoms with E-state index in [1.807, 2.05) is 13.8 Å². The van der Waals surface area contributed by atoms with Gasteiger partial charge in [0.2, 0.25) is 0 Å². The van der Waals surface area contributed by atoms with E-state index in [2.05, 4.69) is 36.2 Å². The first kappa shape index (κ1) is 8.76. The van der Waals surface area contributed by atoms with Gasteiger partial charge in [0.1, 0.15) is 0 Å². The number of nitrogens with zero attached hydrogens (tertiary/aromatic N) is 1. The largest absolute Gasteiger partial charge is 0.293 e. The maximum atomic E-state index is 2.45.